The molecule has 1 amide bonds. The van der Waals surface area contributed by atoms with E-state index in [0.29, 0.717) is 17.4 Å². The zero-order valence-electron chi connectivity index (χ0n) is 11.4. The molecular weight excluding hydrogens is 242 g/mol. The number of rotatable bonds is 3. The topological polar surface area (TPSA) is 92.9 Å². The number of amides is 1. The molecule has 6 heteroatoms. The van der Waals surface area contributed by atoms with Crippen molar-refractivity contribution in [3.8, 4) is 0 Å². The van der Waals surface area contributed by atoms with E-state index in [4.69, 9.17) is 5.84 Å². The molecule has 4 N–H and O–H groups in total. The van der Waals surface area contributed by atoms with Gasteiger partial charge in [0.15, 0.2) is 5.82 Å². The van der Waals surface area contributed by atoms with E-state index in [9.17, 15) is 4.79 Å². The van der Waals surface area contributed by atoms with E-state index in [1.54, 1.807) is 0 Å². The van der Waals surface area contributed by atoms with Crippen LogP contribution in [0.25, 0.3) is 0 Å². The Morgan fingerprint density at radius 2 is 2.16 bits per heavy atom. The first kappa shape index (κ1) is 13.7. The Labute approximate surface area is 113 Å². The quantitative estimate of drug-likeness (QED) is 0.565. The average Bonchev–Trinajstić information content (AvgIpc) is 2.42. The van der Waals surface area contributed by atoms with Crippen molar-refractivity contribution >= 4 is 11.7 Å². The first-order chi connectivity index (χ1) is 9.10. The number of anilines is 1. The lowest BCUT2D eigenvalue weighted by molar-refractivity contribution is 0.0894. The van der Waals surface area contributed by atoms with Gasteiger partial charge in [0.25, 0.3) is 5.91 Å². The second kappa shape index (κ2) is 5.97. The van der Waals surface area contributed by atoms with Gasteiger partial charge in [0.05, 0.1) is 12.4 Å². The normalized spacial score (nSPS) is 26.8. The highest BCUT2D eigenvalue weighted by Crippen LogP contribution is 2.28. The number of hydrazine groups is 1. The van der Waals surface area contributed by atoms with E-state index in [0.717, 1.165) is 25.2 Å². The second-order valence-corrected chi connectivity index (χ2v) is 5.41. The van der Waals surface area contributed by atoms with Crippen LogP contribution in [0, 0.1) is 11.8 Å². The molecule has 0 spiro atoms. The Kier molecular flexibility index (Phi) is 4.31. The SMILES string of the molecule is CC1CCC(NC(=O)c2cncc(NN)n2)C(C)C1. The van der Waals surface area contributed by atoms with Gasteiger partial charge in [0.1, 0.15) is 5.69 Å². The Morgan fingerprint density at radius 1 is 1.37 bits per heavy atom. The third-order valence-corrected chi connectivity index (χ3v) is 3.76. The van der Waals surface area contributed by atoms with Gasteiger partial charge >= 0.3 is 0 Å². The molecule has 0 aliphatic heterocycles. The monoisotopic (exact) mass is 263 g/mol. The van der Waals surface area contributed by atoms with Gasteiger partial charge in [-0.25, -0.2) is 10.8 Å². The predicted molar refractivity (Wildman–Crippen MR) is 73.3 cm³/mol. The van der Waals surface area contributed by atoms with Crippen LogP contribution in [0.5, 0.6) is 0 Å². The van der Waals surface area contributed by atoms with Crippen molar-refractivity contribution in [1.29, 1.82) is 0 Å². The summed E-state index contributed by atoms with van der Waals surface area (Å²) in [5, 5.41) is 3.05. The molecule has 0 aromatic carbocycles. The zero-order chi connectivity index (χ0) is 13.8. The van der Waals surface area contributed by atoms with Crippen molar-refractivity contribution in [1.82, 2.24) is 15.3 Å². The van der Waals surface area contributed by atoms with Gasteiger partial charge in [-0.15, -0.1) is 0 Å². The minimum absolute atomic E-state index is 0.184. The highest BCUT2D eigenvalue weighted by Gasteiger charge is 2.27. The molecule has 1 fully saturated rings. The van der Waals surface area contributed by atoms with Gasteiger partial charge in [0.2, 0.25) is 0 Å². The fraction of sp³-hybridized carbons (Fsp3) is 0.615. The number of carbonyl (C=O) groups excluding carboxylic acids is 1. The third kappa shape index (κ3) is 3.41. The van der Waals surface area contributed by atoms with E-state index < -0.39 is 0 Å². The average molecular weight is 263 g/mol. The molecule has 0 radical (unpaired) electrons. The van der Waals surface area contributed by atoms with Crippen LogP contribution in [0.4, 0.5) is 5.82 Å². The van der Waals surface area contributed by atoms with E-state index in [1.807, 2.05) is 0 Å². The molecule has 104 valence electrons. The summed E-state index contributed by atoms with van der Waals surface area (Å²) in [5.74, 6) is 6.70. The summed E-state index contributed by atoms with van der Waals surface area (Å²) in [6.45, 7) is 4.44. The molecular formula is C13H21N5O. The molecule has 1 aliphatic carbocycles. The summed E-state index contributed by atoms with van der Waals surface area (Å²) in [6.07, 6.45) is 6.26. The van der Waals surface area contributed by atoms with Crippen LogP contribution in [0.15, 0.2) is 12.4 Å². The smallest absolute Gasteiger partial charge is 0.271 e. The predicted octanol–water partition coefficient (Wildman–Crippen LogP) is 1.32. The Balaban J connectivity index is 2.00. The minimum atomic E-state index is -0.184. The van der Waals surface area contributed by atoms with Gasteiger partial charge in [-0.05, 0) is 31.1 Å². The maximum Gasteiger partial charge on any atom is 0.271 e. The standard InChI is InChI=1S/C13H21N5O/c1-8-3-4-10(9(2)5-8)17-13(19)11-6-15-7-12(16-11)18-14/h6-10H,3-5,14H2,1-2H3,(H,16,18)(H,17,19). The Hall–Kier alpha value is -1.69. The van der Waals surface area contributed by atoms with Crippen molar-refractivity contribution in [3.63, 3.8) is 0 Å². The highest BCUT2D eigenvalue weighted by molar-refractivity contribution is 5.92. The maximum absolute atomic E-state index is 12.1. The Bertz CT molecular complexity index is 450. The van der Waals surface area contributed by atoms with Gasteiger partial charge in [-0.1, -0.05) is 13.8 Å². The largest absolute Gasteiger partial charge is 0.348 e. The fourth-order valence-corrected chi connectivity index (χ4v) is 2.67. The lowest BCUT2D eigenvalue weighted by atomic mass is 9.80. The molecule has 0 bridgehead atoms. The van der Waals surface area contributed by atoms with E-state index in [2.05, 4.69) is 34.6 Å². The van der Waals surface area contributed by atoms with Gasteiger partial charge < -0.3 is 10.7 Å². The summed E-state index contributed by atoms with van der Waals surface area (Å²) in [7, 11) is 0. The van der Waals surface area contributed by atoms with Crippen molar-refractivity contribution < 1.29 is 4.79 Å². The number of hydrogen-bond acceptors (Lipinski definition) is 5. The van der Waals surface area contributed by atoms with Gasteiger partial charge in [0, 0.05) is 6.04 Å². The molecule has 3 atom stereocenters. The molecule has 3 unspecified atom stereocenters. The van der Waals surface area contributed by atoms with Crippen molar-refractivity contribution in [2.24, 2.45) is 17.7 Å². The summed E-state index contributed by atoms with van der Waals surface area (Å²) in [6, 6.07) is 0.222. The van der Waals surface area contributed by atoms with Crippen LogP contribution in [-0.4, -0.2) is 21.9 Å². The number of nitrogens with two attached hydrogens (primary N) is 1. The summed E-state index contributed by atoms with van der Waals surface area (Å²) >= 11 is 0. The number of aromatic nitrogens is 2. The van der Waals surface area contributed by atoms with Crippen LogP contribution in [-0.2, 0) is 0 Å². The summed E-state index contributed by atoms with van der Waals surface area (Å²) in [4.78, 5) is 20.1. The highest BCUT2D eigenvalue weighted by atomic mass is 16.2. The van der Waals surface area contributed by atoms with Gasteiger partial charge in [-0.3, -0.25) is 9.78 Å². The first-order valence-electron chi connectivity index (χ1n) is 6.69. The van der Waals surface area contributed by atoms with Crippen molar-refractivity contribution in [3.05, 3.63) is 18.1 Å². The number of hydrogen-bond donors (Lipinski definition) is 3. The van der Waals surface area contributed by atoms with Crippen LogP contribution >= 0.6 is 0 Å². The maximum atomic E-state index is 12.1. The second-order valence-electron chi connectivity index (χ2n) is 5.41. The van der Waals surface area contributed by atoms with Crippen molar-refractivity contribution in [2.75, 3.05) is 5.43 Å². The fourth-order valence-electron chi connectivity index (χ4n) is 2.67. The molecule has 6 nitrogen and oxygen atoms in total. The molecule has 2 rings (SSSR count). The lowest BCUT2D eigenvalue weighted by Crippen LogP contribution is -2.42. The van der Waals surface area contributed by atoms with E-state index in [-0.39, 0.29) is 11.9 Å². The molecule has 1 aromatic rings. The zero-order valence-corrected chi connectivity index (χ0v) is 11.4. The number of carbonyl (C=O) groups is 1. The van der Waals surface area contributed by atoms with E-state index in [1.165, 1.54) is 12.4 Å². The number of nitrogens with one attached hydrogen (secondary N) is 2. The van der Waals surface area contributed by atoms with E-state index >= 15 is 0 Å². The molecule has 1 aliphatic rings. The molecule has 0 saturated heterocycles. The van der Waals surface area contributed by atoms with Crippen LogP contribution in [0.1, 0.15) is 43.6 Å². The molecule has 19 heavy (non-hydrogen) atoms. The number of nitrogen functional groups attached to an aromatic ring is 1. The minimum Gasteiger partial charge on any atom is -0.348 e. The molecule has 1 aromatic heterocycles. The van der Waals surface area contributed by atoms with Gasteiger partial charge in [-0.2, -0.15) is 0 Å². The van der Waals surface area contributed by atoms with Crippen molar-refractivity contribution in [2.45, 2.75) is 39.2 Å². The summed E-state index contributed by atoms with van der Waals surface area (Å²) < 4.78 is 0. The van der Waals surface area contributed by atoms with Crippen LogP contribution < -0.4 is 16.6 Å². The first-order valence-corrected chi connectivity index (χ1v) is 6.69. The van der Waals surface area contributed by atoms with Crippen LogP contribution in [0.2, 0.25) is 0 Å². The van der Waals surface area contributed by atoms with Crippen LogP contribution in [0.3, 0.4) is 0 Å². The molecule has 1 heterocycles. The molecule has 1 saturated carbocycles. The Morgan fingerprint density at radius 3 is 2.84 bits per heavy atom. The third-order valence-electron chi connectivity index (χ3n) is 3.76. The number of nitrogens with zero attached hydrogens (tertiary/aromatic N) is 2. The summed E-state index contributed by atoms with van der Waals surface area (Å²) in [5.41, 5.74) is 2.68. The lowest BCUT2D eigenvalue weighted by Gasteiger charge is -2.33.